The summed E-state index contributed by atoms with van der Waals surface area (Å²) in [4.78, 5) is 10.8. The van der Waals surface area contributed by atoms with Gasteiger partial charge in [-0.3, -0.25) is 0 Å². The number of rotatable bonds is 2. The number of aromatic hydroxyl groups is 2. The Morgan fingerprint density at radius 1 is 1.33 bits per heavy atom. The molecule has 15 heavy (non-hydrogen) atoms. The predicted octanol–water partition coefficient (Wildman–Crippen LogP) is 1.17. The number of ether oxygens (including phenoxy) is 1. The number of esters is 1. The van der Waals surface area contributed by atoms with Gasteiger partial charge >= 0.3 is 5.97 Å². The Morgan fingerprint density at radius 2 is 2.00 bits per heavy atom. The summed E-state index contributed by atoms with van der Waals surface area (Å²) in [5.41, 5.74) is 0.369. The van der Waals surface area contributed by atoms with E-state index in [1.54, 1.807) is 0 Å². The molecule has 5 heteroatoms. The molecule has 80 valence electrons. The second-order valence-corrected chi connectivity index (χ2v) is 2.77. The fraction of sp³-hybridized carbons (Fsp3) is 0.100. The van der Waals surface area contributed by atoms with Crippen LogP contribution in [0.4, 0.5) is 0 Å². The highest BCUT2D eigenvalue weighted by Gasteiger charge is 2.07. The second kappa shape index (κ2) is 4.36. The van der Waals surface area contributed by atoms with Gasteiger partial charge < -0.3 is 20.1 Å². The summed E-state index contributed by atoms with van der Waals surface area (Å²) in [5.74, 6) is -2.06. The molecular weight excluding hydrogens is 200 g/mol. The molecule has 0 spiro atoms. The quantitative estimate of drug-likeness (QED) is 0.295. The van der Waals surface area contributed by atoms with E-state index < -0.39 is 11.7 Å². The minimum absolute atomic E-state index is 0.273. The molecule has 0 aliphatic carbocycles. The van der Waals surface area contributed by atoms with Gasteiger partial charge in [0.2, 0.25) is 5.76 Å². The van der Waals surface area contributed by atoms with E-state index in [4.69, 9.17) is 10.2 Å². The van der Waals surface area contributed by atoms with Crippen LogP contribution >= 0.6 is 0 Å². The summed E-state index contributed by atoms with van der Waals surface area (Å²) in [6.45, 7) is 0. The van der Waals surface area contributed by atoms with Crippen LogP contribution in [0.1, 0.15) is 5.56 Å². The predicted molar refractivity (Wildman–Crippen MR) is 52.4 cm³/mol. The first-order valence-electron chi connectivity index (χ1n) is 4.05. The minimum atomic E-state index is -0.873. The summed E-state index contributed by atoms with van der Waals surface area (Å²) < 4.78 is 4.27. The first-order valence-corrected chi connectivity index (χ1v) is 4.05. The molecule has 0 amide bonds. The molecule has 0 aliphatic rings. The van der Waals surface area contributed by atoms with Gasteiger partial charge in [0.25, 0.3) is 0 Å². The van der Waals surface area contributed by atoms with Gasteiger partial charge in [0.05, 0.1) is 7.11 Å². The Bertz CT molecular complexity index is 408. The lowest BCUT2D eigenvalue weighted by molar-refractivity contribution is -0.138. The van der Waals surface area contributed by atoms with E-state index in [0.717, 1.165) is 13.2 Å². The van der Waals surface area contributed by atoms with Crippen molar-refractivity contribution in [3.63, 3.8) is 0 Å². The van der Waals surface area contributed by atoms with Crippen molar-refractivity contribution in [3.05, 3.63) is 29.5 Å². The van der Waals surface area contributed by atoms with Crippen LogP contribution in [0.25, 0.3) is 6.08 Å². The van der Waals surface area contributed by atoms with Crippen LogP contribution in [0.15, 0.2) is 24.0 Å². The first-order chi connectivity index (χ1) is 7.04. The number of aliphatic hydroxyl groups is 1. The fourth-order valence-corrected chi connectivity index (χ4v) is 0.952. The molecule has 0 bridgehead atoms. The zero-order chi connectivity index (χ0) is 11.4. The summed E-state index contributed by atoms with van der Waals surface area (Å²) in [6.07, 6.45) is 1.12. The number of carbonyl (C=O) groups is 1. The largest absolute Gasteiger partial charge is 0.504 e. The van der Waals surface area contributed by atoms with Crippen molar-refractivity contribution in [2.45, 2.75) is 0 Å². The third kappa shape index (κ3) is 2.63. The van der Waals surface area contributed by atoms with E-state index in [1.807, 2.05) is 0 Å². The van der Waals surface area contributed by atoms with Gasteiger partial charge in [-0.1, -0.05) is 6.07 Å². The van der Waals surface area contributed by atoms with Crippen molar-refractivity contribution in [1.29, 1.82) is 0 Å². The molecule has 3 N–H and O–H groups in total. The van der Waals surface area contributed by atoms with E-state index in [9.17, 15) is 9.90 Å². The monoisotopic (exact) mass is 210 g/mol. The summed E-state index contributed by atoms with van der Waals surface area (Å²) in [5, 5.41) is 27.3. The van der Waals surface area contributed by atoms with Crippen LogP contribution in [-0.4, -0.2) is 28.4 Å². The summed E-state index contributed by atoms with van der Waals surface area (Å²) in [6, 6.07) is 3.87. The van der Waals surface area contributed by atoms with Gasteiger partial charge in [-0.05, 0) is 23.8 Å². The Morgan fingerprint density at radius 3 is 2.53 bits per heavy atom. The van der Waals surface area contributed by atoms with Gasteiger partial charge in [-0.2, -0.15) is 0 Å². The maximum absolute atomic E-state index is 10.8. The third-order valence-electron chi connectivity index (χ3n) is 1.70. The first kappa shape index (κ1) is 10.9. The van der Waals surface area contributed by atoms with E-state index in [-0.39, 0.29) is 11.5 Å². The molecular formula is C10H10O5. The van der Waals surface area contributed by atoms with Crippen LogP contribution in [-0.2, 0) is 9.53 Å². The van der Waals surface area contributed by atoms with Crippen molar-refractivity contribution < 1.29 is 24.9 Å². The molecule has 5 nitrogen and oxygen atoms in total. The number of benzene rings is 1. The highest BCUT2D eigenvalue weighted by molar-refractivity contribution is 5.90. The van der Waals surface area contributed by atoms with Crippen molar-refractivity contribution in [1.82, 2.24) is 0 Å². The molecule has 0 atom stereocenters. The van der Waals surface area contributed by atoms with Crippen molar-refractivity contribution >= 4 is 12.0 Å². The van der Waals surface area contributed by atoms with Gasteiger partial charge in [0, 0.05) is 0 Å². The van der Waals surface area contributed by atoms with Crippen LogP contribution in [0, 0.1) is 0 Å². The molecule has 0 unspecified atom stereocenters. The standard InChI is InChI=1S/C10H10O5/c1-15-10(14)9(13)5-6-2-3-7(11)8(12)4-6/h2-5,11-13H,1H3. The summed E-state index contributed by atoms with van der Waals surface area (Å²) in [7, 11) is 1.14. The molecule has 1 aromatic rings. The number of hydrogen-bond donors (Lipinski definition) is 3. The molecule has 0 saturated carbocycles. The van der Waals surface area contributed by atoms with E-state index in [1.165, 1.54) is 18.2 Å². The fourth-order valence-electron chi connectivity index (χ4n) is 0.952. The Labute approximate surface area is 85.9 Å². The zero-order valence-electron chi connectivity index (χ0n) is 7.97. The third-order valence-corrected chi connectivity index (χ3v) is 1.70. The maximum Gasteiger partial charge on any atom is 0.373 e. The van der Waals surface area contributed by atoms with Crippen LogP contribution < -0.4 is 0 Å². The highest BCUT2D eigenvalue weighted by atomic mass is 16.5. The van der Waals surface area contributed by atoms with Gasteiger partial charge in [-0.25, -0.2) is 4.79 Å². The average molecular weight is 210 g/mol. The zero-order valence-corrected chi connectivity index (χ0v) is 7.97. The van der Waals surface area contributed by atoms with Crippen LogP contribution in [0.5, 0.6) is 11.5 Å². The lowest BCUT2D eigenvalue weighted by Gasteiger charge is -2.00. The number of aliphatic hydroxyl groups excluding tert-OH is 1. The summed E-state index contributed by atoms with van der Waals surface area (Å²) >= 11 is 0. The topological polar surface area (TPSA) is 87.0 Å². The van der Waals surface area contributed by atoms with Crippen LogP contribution in [0.3, 0.4) is 0 Å². The second-order valence-electron chi connectivity index (χ2n) is 2.77. The van der Waals surface area contributed by atoms with Crippen molar-refractivity contribution in [3.8, 4) is 11.5 Å². The number of phenolic OH excluding ortho intramolecular Hbond substituents is 2. The molecule has 0 aliphatic heterocycles. The smallest absolute Gasteiger partial charge is 0.373 e. The van der Waals surface area contributed by atoms with E-state index in [2.05, 4.69) is 4.74 Å². The Hall–Kier alpha value is -2.17. The Balaban J connectivity index is 2.98. The highest BCUT2D eigenvalue weighted by Crippen LogP contribution is 2.25. The average Bonchev–Trinajstić information content (AvgIpc) is 2.22. The van der Waals surface area contributed by atoms with Crippen LogP contribution in [0.2, 0.25) is 0 Å². The van der Waals surface area contributed by atoms with E-state index in [0.29, 0.717) is 5.56 Å². The molecule has 0 saturated heterocycles. The molecule has 1 aromatic carbocycles. The van der Waals surface area contributed by atoms with E-state index >= 15 is 0 Å². The van der Waals surface area contributed by atoms with Gasteiger partial charge in [-0.15, -0.1) is 0 Å². The maximum atomic E-state index is 10.8. The lowest BCUT2D eigenvalue weighted by atomic mass is 10.2. The molecule has 0 radical (unpaired) electrons. The number of carbonyl (C=O) groups excluding carboxylic acids is 1. The molecule has 1 rings (SSSR count). The molecule has 0 aromatic heterocycles. The molecule has 0 fully saturated rings. The SMILES string of the molecule is COC(=O)C(O)=Cc1ccc(O)c(O)c1. The van der Waals surface area contributed by atoms with Crippen molar-refractivity contribution in [2.75, 3.05) is 7.11 Å². The minimum Gasteiger partial charge on any atom is -0.504 e. The number of phenols is 2. The lowest BCUT2D eigenvalue weighted by Crippen LogP contribution is -2.03. The van der Waals surface area contributed by atoms with Crippen molar-refractivity contribution in [2.24, 2.45) is 0 Å². The number of methoxy groups -OCH3 is 1. The number of hydrogen-bond acceptors (Lipinski definition) is 5. The Kier molecular flexibility index (Phi) is 3.17. The molecule has 0 heterocycles. The van der Waals surface area contributed by atoms with Gasteiger partial charge in [0.15, 0.2) is 11.5 Å². The van der Waals surface area contributed by atoms with Gasteiger partial charge in [0.1, 0.15) is 0 Å². The normalized spacial score (nSPS) is 11.1.